The van der Waals surface area contributed by atoms with Crippen LogP contribution in [0, 0.1) is 6.92 Å². The Hall–Kier alpha value is -0.520. The van der Waals surface area contributed by atoms with E-state index in [1.165, 1.54) is 11.1 Å². The van der Waals surface area contributed by atoms with Gasteiger partial charge in [0.15, 0.2) is 0 Å². The Bertz CT molecular complexity index is 447. The van der Waals surface area contributed by atoms with Gasteiger partial charge in [0.05, 0.1) is 0 Å². The molecule has 0 radical (unpaired) electrons. The van der Waals surface area contributed by atoms with Gasteiger partial charge >= 0.3 is 0 Å². The Kier molecular flexibility index (Phi) is 5.73. The highest BCUT2D eigenvalue weighted by Crippen LogP contribution is 2.16. The highest BCUT2D eigenvalue weighted by molar-refractivity contribution is 9.10. The van der Waals surface area contributed by atoms with Crippen LogP contribution in [-0.4, -0.2) is 30.0 Å². The molecule has 0 aliphatic carbocycles. The number of aryl methyl sites for hydroxylation is 1. The van der Waals surface area contributed by atoms with E-state index in [-0.39, 0.29) is 5.91 Å². The standard InChI is InChI=1S/C14H19BrN2OS/c1-10-6-12(15)3-2-11(10)8-17-14(18)7-13-9-19-5-4-16-13/h2-3,6,13,16H,4-5,7-9H2,1H3,(H,17,18). The van der Waals surface area contributed by atoms with Crippen molar-refractivity contribution in [1.82, 2.24) is 10.6 Å². The van der Waals surface area contributed by atoms with Crippen molar-refractivity contribution in [2.45, 2.75) is 25.9 Å². The summed E-state index contributed by atoms with van der Waals surface area (Å²) in [5.74, 6) is 2.31. The van der Waals surface area contributed by atoms with Gasteiger partial charge in [0.25, 0.3) is 0 Å². The molecule has 1 aliphatic rings. The van der Waals surface area contributed by atoms with E-state index in [0.717, 1.165) is 22.5 Å². The topological polar surface area (TPSA) is 41.1 Å². The maximum absolute atomic E-state index is 11.9. The fourth-order valence-corrected chi connectivity index (χ4v) is 3.52. The predicted molar refractivity (Wildman–Crippen MR) is 84.5 cm³/mol. The van der Waals surface area contributed by atoms with Crippen molar-refractivity contribution in [3.05, 3.63) is 33.8 Å². The quantitative estimate of drug-likeness (QED) is 0.883. The van der Waals surface area contributed by atoms with Gasteiger partial charge in [-0.3, -0.25) is 4.79 Å². The van der Waals surface area contributed by atoms with Crippen LogP contribution in [0.5, 0.6) is 0 Å². The second kappa shape index (κ2) is 7.31. The monoisotopic (exact) mass is 342 g/mol. The van der Waals surface area contributed by atoms with Crippen LogP contribution >= 0.6 is 27.7 Å². The Morgan fingerprint density at radius 1 is 1.58 bits per heavy atom. The summed E-state index contributed by atoms with van der Waals surface area (Å²) >= 11 is 5.36. The van der Waals surface area contributed by atoms with E-state index in [0.29, 0.717) is 19.0 Å². The van der Waals surface area contributed by atoms with E-state index in [9.17, 15) is 4.79 Å². The van der Waals surface area contributed by atoms with E-state index >= 15 is 0 Å². The van der Waals surface area contributed by atoms with Gasteiger partial charge in [0.2, 0.25) is 5.91 Å². The van der Waals surface area contributed by atoms with Crippen LogP contribution in [0.1, 0.15) is 17.5 Å². The van der Waals surface area contributed by atoms with Gasteiger partial charge in [-0.15, -0.1) is 0 Å². The molecule has 1 aromatic carbocycles. The zero-order valence-electron chi connectivity index (χ0n) is 11.0. The fraction of sp³-hybridized carbons (Fsp3) is 0.500. The van der Waals surface area contributed by atoms with Crippen LogP contribution in [-0.2, 0) is 11.3 Å². The van der Waals surface area contributed by atoms with Crippen molar-refractivity contribution in [2.75, 3.05) is 18.1 Å². The van der Waals surface area contributed by atoms with E-state index in [1.54, 1.807) is 0 Å². The van der Waals surface area contributed by atoms with E-state index < -0.39 is 0 Å². The molecule has 0 spiro atoms. The van der Waals surface area contributed by atoms with Crippen molar-refractivity contribution < 1.29 is 4.79 Å². The molecule has 104 valence electrons. The lowest BCUT2D eigenvalue weighted by molar-refractivity contribution is -0.121. The molecule has 1 aliphatic heterocycles. The van der Waals surface area contributed by atoms with Crippen LogP contribution in [0.4, 0.5) is 0 Å². The molecule has 1 heterocycles. The molecule has 0 aromatic heterocycles. The summed E-state index contributed by atoms with van der Waals surface area (Å²) in [4.78, 5) is 11.9. The Labute approximate surface area is 127 Å². The largest absolute Gasteiger partial charge is 0.352 e. The van der Waals surface area contributed by atoms with Crippen LogP contribution in [0.2, 0.25) is 0 Å². The van der Waals surface area contributed by atoms with Gasteiger partial charge in [-0.2, -0.15) is 11.8 Å². The minimum Gasteiger partial charge on any atom is -0.352 e. The summed E-state index contributed by atoms with van der Waals surface area (Å²) in [6.45, 7) is 3.68. The number of hydrogen-bond acceptors (Lipinski definition) is 3. The minimum atomic E-state index is 0.127. The van der Waals surface area contributed by atoms with Gasteiger partial charge in [0, 0.05) is 41.5 Å². The molecule has 2 rings (SSSR count). The zero-order valence-corrected chi connectivity index (χ0v) is 13.4. The number of nitrogens with one attached hydrogen (secondary N) is 2. The summed E-state index contributed by atoms with van der Waals surface area (Å²) in [5.41, 5.74) is 2.36. The number of carbonyl (C=O) groups excluding carboxylic acids is 1. The molecule has 0 bridgehead atoms. The van der Waals surface area contributed by atoms with Gasteiger partial charge in [-0.1, -0.05) is 22.0 Å². The van der Waals surface area contributed by atoms with E-state index in [4.69, 9.17) is 0 Å². The molecular weight excluding hydrogens is 324 g/mol. The first kappa shape index (κ1) is 14.9. The number of amides is 1. The van der Waals surface area contributed by atoms with Crippen LogP contribution in [0.3, 0.4) is 0 Å². The lowest BCUT2D eigenvalue weighted by atomic mass is 10.1. The molecular formula is C14H19BrN2OS. The molecule has 0 saturated carbocycles. The van der Waals surface area contributed by atoms with E-state index in [1.807, 2.05) is 17.8 Å². The minimum absolute atomic E-state index is 0.127. The highest BCUT2D eigenvalue weighted by Gasteiger charge is 2.16. The summed E-state index contributed by atoms with van der Waals surface area (Å²) in [6, 6.07) is 6.45. The van der Waals surface area contributed by atoms with Crippen molar-refractivity contribution in [3.8, 4) is 0 Å². The smallest absolute Gasteiger partial charge is 0.221 e. The van der Waals surface area contributed by atoms with Gasteiger partial charge < -0.3 is 10.6 Å². The first-order chi connectivity index (χ1) is 9.15. The first-order valence-corrected chi connectivity index (χ1v) is 8.43. The average Bonchev–Trinajstić information content (AvgIpc) is 2.39. The second-order valence-electron chi connectivity index (χ2n) is 4.78. The van der Waals surface area contributed by atoms with Crippen molar-refractivity contribution >= 4 is 33.6 Å². The summed E-state index contributed by atoms with van der Waals surface area (Å²) in [7, 11) is 0. The highest BCUT2D eigenvalue weighted by atomic mass is 79.9. The van der Waals surface area contributed by atoms with Gasteiger partial charge in [0.1, 0.15) is 0 Å². The third kappa shape index (κ3) is 4.82. The molecule has 1 fully saturated rings. The zero-order chi connectivity index (χ0) is 13.7. The Balaban J connectivity index is 1.79. The number of carbonyl (C=O) groups is 1. The Morgan fingerprint density at radius 3 is 3.11 bits per heavy atom. The molecule has 1 unspecified atom stereocenters. The lowest BCUT2D eigenvalue weighted by Crippen LogP contribution is -2.41. The number of thioether (sulfide) groups is 1. The summed E-state index contributed by atoms with van der Waals surface area (Å²) < 4.78 is 1.07. The Morgan fingerprint density at radius 2 is 2.42 bits per heavy atom. The van der Waals surface area contributed by atoms with Crippen LogP contribution < -0.4 is 10.6 Å². The number of halogens is 1. The van der Waals surface area contributed by atoms with Crippen molar-refractivity contribution in [1.29, 1.82) is 0 Å². The lowest BCUT2D eigenvalue weighted by Gasteiger charge is -2.22. The molecule has 1 aromatic rings. The SMILES string of the molecule is Cc1cc(Br)ccc1CNC(=O)CC1CSCCN1. The van der Waals surface area contributed by atoms with Gasteiger partial charge in [-0.25, -0.2) is 0 Å². The number of hydrogen-bond donors (Lipinski definition) is 2. The van der Waals surface area contributed by atoms with Crippen LogP contribution in [0.15, 0.2) is 22.7 Å². The molecule has 1 saturated heterocycles. The third-order valence-electron chi connectivity index (χ3n) is 3.21. The fourth-order valence-electron chi connectivity index (χ4n) is 2.10. The normalized spacial score (nSPS) is 19.2. The summed E-state index contributed by atoms with van der Waals surface area (Å²) in [6.07, 6.45) is 0.572. The average molecular weight is 343 g/mol. The van der Waals surface area contributed by atoms with Crippen molar-refractivity contribution in [3.63, 3.8) is 0 Å². The third-order valence-corrected chi connectivity index (χ3v) is 4.84. The molecule has 1 atom stereocenters. The van der Waals surface area contributed by atoms with Gasteiger partial charge in [-0.05, 0) is 30.2 Å². The predicted octanol–water partition coefficient (Wildman–Crippen LogP) is 2.47. The number of rotatable bonds is 4. The maximum atomic E-state index is 11.9. The summed E-state index contributed by atoms with van der Waals surface area (Å²) in [5, 5.41) is 6.38. The molecule has 1 amide bonds. The van der Waals surface area contributed by atoms with Crippen molar-refractivity contribution in [2.24, 2.45) is 0 Å². The first-order valence-electron chi connectivity index (χ1n) is 6.48. The molecule has 5 heteroatoms. The second-order valence-corrected chi connectivity index (χ2v) is 6.84. The van der Waals surface area contributed by atoms with Crippen LogP contribution in [0.25, 0.3) is 0 Å². The maximum Gasteiger partial charge on any atom is 0.221 e. The molecule has 2 N–H and O–H groups in total. The van der Waals surface area contributed by atoms with E-state index in [2.05, 4.69) is 45.6 Å². The number of benzene rings is 1. The molecule has 3 nitrogen and oxygen atoms in total. The molecule has 19 heavy (non-hydrogen) atoms.